The number of esters is 2. The van der Waals surface area contributed by atoms with Gasteiger partial charge in [-0.05, 0) is 18.2 Å². The van der Waals surface area contributed by atoms with Gasteiger partial charge in [0.05, 0.1) is 5.56 Å². The van der Waals surface area contributed by atoms with Gasteiger partial charge in [-0.15, -0.1) is 0 Å². The highest BCUT2D eigenvalue weighted by Gasteiger charge is 2.66. The largest absolute Gasteiger partial charge is 0.465 e. The summed E-state index contributed by atoms with van der Waals surface area (Å²) in [6, 6.07) is -0.682. The lowest BCUT2D eigenvalue weighted by Crippen LogP contribution is -2.46. The van der Waals surface area contributed by atoms with Gasteiger partial charge in [0.25, 0.3) is 5.78 Å². The molecule has 0 radical (unpaired) electrons. The number of hydrogen-bond acceptors (Lipinski definition) is 5. The molecule has 0 saturated heterocycles. The lowest BCUT2D eigenvalue weighted by atomic mass is 10.1. The van der Waals surface area contributed by atoms with Crippen LogP contribution in [-0.2, 0) is 9.59 Å². The second-order valence-electron chi connectivity index (χ2n) is 5.41. The fourth-order valence-electron chi connectivity index (χ4n) is 1.56. The molecule has 180 valence electrons. The van der Waals surface area contributed by atoms with Crippen LogP contribution in [0.4, 0.5) is 57.1 Å². The standard InChI is InChI=1S/C14H3F13O5/c15-10(16,13(22,23)24)8(29)31-4-1-2-6(5(3-4)7(28)12(19,20)21)32-9(30)11(17,18)14(25,26)27/h1-3H. The number of hydrogen-bond donors (Lipinski definition) is 0. The molecule has 1 aromatic rings. The van der Waals surface area contributed by atoms with E-state index in [1.165, 1.54) is 0 Å². The van der Waals surface area contributed by atoms with Crippen LogP contribution in [0, 0.1) is 0 Å². The Kier molecular flexibility index (Phi) is 6.84. The van der Waals surface area contributed by atoms with Gasteiger partial charge in [-0.3, -0.25) is 4.79 Å². The minimum absolute atomic E-state index is 0.0359. The zero-order chi connectivity index (χ0) is 25.5. The van der Waals surface area contributed by atoms with Crippen LogP contribution in [0.25, 0.3) is 0 Å². The number of rotatable bonds is 5. The van der Waals surface area contributed by atoms with Crippen LogP contribution in [0.2, 0.25) is 0 Å². The number of halogens is 13. The lowest BCUT2D eigenvalue weighted by molar-refractivity contribution is -0.277. The highest BCUT2D eigenvalue weighted by molar-refractivity contribution is 6.03. The van der Waals surface area contributed by atoms with Gasteiger partial charge in [0.1, 0.15) is 11.5 Å². The minimum atomic E-state index is -6.59. The summed E-state index contributed by atoms with van der Waals surface area (Å²) in [5.41, 5.74) is -2.13. The Morgan fingerprint density at radius 1 is 0.625 bits per heavy atom. The van der Waals surface area contributed by atoms with Crippen LogP contribution in [0.1, 0.15) is 10.4 Å². The Balaban J connectivity index is 3.43. The summed E-state index contributed by atoms with van der Waals surface area (Å²) >= 11 is 0. The second kappa shape index (κ2) is 8.12. The normalized spacial score (nSPS) is 13.5. The lowest BCUT2D eigenvalue weighted by Gasteiger charge is -2.20. The van der Waals surface area contributed by atoms with Crippen LogP contribution in [0.5, 0.6) is 11.5 Å². The summed E-state index contributed by atoms with van der Waals surface area (Å²) in [5.74, 6) is -26.1. The second-order valence-corrected chi connectivity index (χ2v) is 5.41. The first-order valence-electron chi connectivity index (χ1n) is 7.12. The number of carbonyl (C=O) groups is 3. The monoisotopic (exact) mass is 498 g/mol. The molecule has 0 aliphatic carbocycles. The number of benzene rings is 1. The molecular weight excluding hydrogens is 495 g/mol. The molecule has 0 amide bonds. The van der Waals surface area contributed by atoms with Crippen molar-refractivity contribution in [3.63, 3.8) is 0 Å². The Morgan fingerprint density at radius 2 is 1.03 bits per heavy atom. The number of Topliss-reactive ketones (excluding diaryl/α,β-unsaturated/α-hetero) is 1. The molecular formula is C14H3F13O5. The van der Waals surface area contributed by atoms with E-state index in [0.717, 1.165) is 0 Å². The van der Waals surface area contributed by atoms with Crippen LogP contribution < -0.4 is 9.47 Å². The molecule has 0 fully saturated rings. The van der Waals surface area contributed by atoms with Gasteiger partial charge in [-0.2, -0.15) is 57.1 Å². The predicted octanol–water partition coefficient (Wildman–Crippen LogP) is 4.64. The van der Waals surface area contributed by atoms with E-state index in [1.54, 1.807) is 0 Å². The van der Waals surface area contributed by atoms with Gasteiger partial charge in [0, 0.05) is 0 Å². The zero-order valence-electron chi connectivity index (χ0n) is 14.2. The van der Waals surface area contributed by atoms with Gasteiger partial charge < -0.3 is 9.47 Å². The highest BCUT2D eigenvalue weighted by Crippen LogP contribution is 2.39. The molecule has 18 heteroatoms. The molecule has 0 unspecified atom stereocenters. The first kappa shape index (κ1) is 27.0. The molecule has 0 atom stereocenters. The Morgan fingerprint density at radius 3 is 1.41 bits per heavy atom. The maximum atomic E-state index is 12.9. The molecule has 0 saturated carbocycles. The maximum absolute atomic E-state index is 12.9. The van der Waals surface area contributed by atoms with Crippen molar-refractivity contribution in [2.45, 2.75) is 30.4 Å². The van der Waals surface area contributed by atoms with Crippen molar-refractivity contribution in [2.75, 3.05) is 0 Å². The molecule has 0 aromatic heterocycles. The summed E-state index contributed by atoms with van der Waals surface area (Å²) in [5, 5.41) is 0. The van der Waals surface area contributed by atoms with Gasteiger partial charge in [0.2, 0.25) is 0 Å². The van der Waals surface area contributed by atoms with E-state index in [-0.39, 0.29) is 12.1 Å². The first-order valence-corrected chi connectivity index (χ1v) is 7.12. The van der Waals surface area contributed by atoms with Crippen molar-refractivity contribution < 1.29 is 80.9 Å². The maximum Gasteiger partial charge on any atom is 0.465 e. The van der Waals surface area contributed by atoms with Crippen LogP contribution in [-0.4, -0.2) is 48.1 Å². The third-order valence-corrected chi connectivity index (χ3v) is 3.09. The van der Waals surface area contributed by atoms with Gasteiger partial charge in [-0.25, -0.2) is 9.59 Å². The number of carbonyl (C=O) groups excluding carboxylic acids is 3. The number of ketones is 1. The average molecular weight is 498 g/mol. The Hall–Kier alpha value is -3.08. The van der Waals surface area contributed by atoms with Crippen molar-refractivity contribution >= 4 is 17.7 Å². The summed E-state index contributed by atoms with van der Waals surface area (Å²) in [6.45, 7) is 0. The topological polar surface area (TPSA) is 69.7 Å². The fourth-order valence-corrected chi connectivity index (χ4v) is 1.56. The van der Waals surface area contributed by atoms with Gasteiger partial charge in [0.15, 0.2) is 0 Å². The Labute approximate surface area is 165 Å². The fraction of sp³-hybridized carbons (Fsp3) is 0.357. The SMILES string of the molecule is O=C(c1cc(OC(=O)C(F)(F)C(F)(F)F)ccc1OC(=O)C(F)(F)C(F)(F)F)C(F)(F)F. The van der Waals surface area contributed by atoms with E-state index in [4.69, 9.17) is 0 Å². The third kappa shape index (κ3) is 5.39. The molecule has 0 aliphatic heterocycles. The minimum Gasteiger partial charge on any atom is -0.422 e. The van der Waals surface area contributed by atoms with Gasteiger partial charge >= 0.3 is 42.3 Å². The molecule has 0 spiro atoms. The van der Waals surface area contributed by atoms with Gasteiger partial charge in [-0.1, -0.05) is 0 Å². The van der Waals surface area contributed by atoms with Crippen LogP contribution >= 0.6 is 0 Å². The molecule has 0 heterocycles. The molecule has 0 N–H and O–H groups in total. The van der Waals surface area contributed by atoms with Crippen molar-refractivity contribution in [2.24, 2.45) is 0 Å². The summed E-state index contributed by atoms with van der Waals surface area (Å²) in [6.07, 6.45) is -19.1. The third-order valence-electron chi connectivity index (χ3n) is 3.09. The molecule has 1 aromatic carbocycles. The number of ether oxygens (including phenoxy) is 2. The molecule has 0 aliphatic rings. The van der Waals surface area contributed by atoms with E-state index in [0.29, 0.717) is 0 Å². The van der Waals surface area contributed by atoms with Crippen molar-refractivity contribution in [1.82, 2.24) is 0 Å². The van der Waals surface area contributed by atoms with Crippen molar-refractivity contribution in [3.8, 4) is 11.5 Å². The smallest absolute Gasteiger partial charge is 0.422 e. The van der Waals surface area contributed by atoms with E-state index < -0.39 is 71.2 Å². The van der Waals surface area contributed by atoms with Crippen molar-refractivity contribution in [1.29, 1.82) is 0 Å². The van der Waals surface area contributed by atoms with E-state index in [1.807, 2.05) is 0 Å². The average Bonchev–Trinajstić information content (AvgIpc) is 2.59. The van der Waals surface area contributed by atoms with Crippen LogP contribution in [0.3, 0.4) is 0 Å². The highest BCUT2D eigenvalue weighted by atomic mass is 19.4. The molecule has 0 bridgehead atoms. The zero-order valence-corrected chi connectivity index (χ0v) is 14.2. The van der Waals surface area contributed by atoms with Crippen LogP contribution in [0.15, 0.2) is 18.2 Å². The summed E-state index contributed by atoms with van der Waals surface area (Å²) in [7, 11) is 0. The first-order chi connectivity index (χ1) is 14.0. The van der Waals surface area contributed by atoms with E-state index in [2.05, 4.69) is 9.47 Å². The summed E-state index contributed by atoms with van der Waals surface area (Å²) in [4.78, 5) is 33.3. The van der Waals surface area contributed by atoms with E-state index in [9.17, 15) is 71.5 Å². The molecule has 1 rings (SSSR count). The van der Waals surface area contributed by atoms with E-state index >= 15 is 0 Å². The predicted molar refractivity (Wildman–Crippen MR) is 70.1 cm³/mol. The Bertz CT molecular complexity index is 911. The molecule has 32 heavy (non-hydrogen) atoms. The molecule has 5 nitrogen and oxygen atoms in total. The summed E-state index contributed by atoms with van der Waals surface area (Å²) < 4.78 is 169. The van der Waals surface area contributed by atoms with Crippen molar-refractivity contribution in [3.05, 3.63) is 23.8 Å². The number of alkyl halides is 13. The quantitative estimate of drug-likeness (QED) is 0.256.